The molecule has 1 aliphatic rings. The van der Waals surface area contributed by atoms with Gasteiger partial charge in [-0.05, 0) is 51.7 Å². The number of hydrogen-bond acceptors (Lipinski definition) is 4. The van der Waals surface area contributed by atoms with Gasteiger partial charge in [0.15, 0.2) is 0 Å². The van der Waals surface area contributed by atoms with Gasteiger partial charge in [0.1, 0.15) is 5.15 Å². The number of halogens is 1. The Labute approximate surface area is 131 Å². The van der Waals surface area contributed by atoms with Gasteiger partial charge in [0.2, 0.25) is 0 Å². The van der Waals surface area contributed by atoms with Crippen LogP contribution in [-0.2, 0) is 9.31 Å². The van der Waals surface area contributed by atoms with E-state index >= 15 is 0 Å². The fourth-order valence-corrected chi connectivity index (χ4v) is 2.30. The van der Waals surface area contributed by atoms with Crippen molar-refractivity contribution in [1.29, 1.82) is 0 Å². The fraction of sp³-hybridized carbons (Fsp3) is 0.533. The molecule has 1 aromatic rings. The van der Waals surface area contributed by atoms with E-state index in [1.165, 1.54) is 0 Å². The van der Waals surface area contributed by atoms with Crippen molar-refractivity contribution < 1.29 is 9.31 Å². The maximum atomic E-state index is 6.04. The second-order valence-electron chi connectivity index (χ2n) is 6.32. The van der Waals surface area contributed by atoms with Crippen LogP contribution in [0.3, 0.4) is 0 Å². The summed E-state index contributed by atoms with van der Waals surface area (Å²) < 4.78 is 12.1. The second kappa shape index (κ2) is 5.73. The zero-order valence-electron chi connectivity index (χ0n) is 13.2. The molecule has 21 heavy (non-hydrogen) atoms. The summed E-state index contributed by atoms with van der Waals surface area (Å²) in [6, 6.07) is 3.68. The topological polar surface area (TPSA) is 57.4 Å². The minimum atomic E-state index is -0.435. The highest BCUT2D eigenvalue weighted by atomic mass is 35.5. The molecule has 4 nitrogen and oxygen atoms in total. The van der Waals surface area contributed by atoms with Crippen molar-refractivity contribution >= 4 is 24.8 Å². The summed E-state index contributed by atoms with van der Waals surface area (Å²) in [7, 11) is -0.435. The zero-order valence-corrected chi connectivity index (χ0v) is 14.0. The van der Waals surface area contributed by atoms with Gasteiger partial charge in [0.25, 0.3) is 0 Å². The molecule has 1 aromatic heterocycles. The van der Waals surface area contributed by atoms with Gasteiger partial charge in [-0.1, -0.05) is 23.7 Å². The van der Waals surface area contributed by atoms with Gasteiger partial charge in [0.05, 0.1) is 11.2 Å². The lowest BCUT2D eigenvalue weighted by atomic mass is 9.77. The molecule has 1 aliphatic heterocycles. The first kappa shape index (κ1) is 16.5. The SMILES string of the molecule is Cc1nc(Cl)ccc1C=C(CN)B1OC(C)(C)C(C)(C)O1. The van der Waals surface area contributed by atoms with Crippen molar-refractivity contribution in [3.63, 3.8) is 0 Å². The average Bonchev–Trinajstić information content (AvgIpc) is 2.57. The predicted molar refractivity (Wildman–Crippen MR) is 87.1 cm³/mol. The van der Waals surface area contributed by atoms with Crippen LogP contribution in [0.25, 0.3) is 6.08 Å². The van der Waals surface area contributed by atoms with Crippen molar-refractivity contribution in [3.8, 4) is 0 Å². The monoisotopic (exact) mass is 308 g/mol. The Balaban J connectivity index is 2.31. The maximum Gasteiger partial charge on any atom is 0.491 e. The highest BCUT2D eigenvalue weighted by Crippen LogP contribution is 2.38. The quantitative estimate of drug-likeness (QED) is 0.689. The molecule has 114 valence electrons. The smallest absolute Gasteiger partial charge is 0.400 e. The van der Waals surface area contributed by atoms with E-state index in [0.717, 1.165) is 16.7 Å². The van der Waals surface area contributed by atoms with Crippen molar-refractivity contribution in [1.82, 2.24) is 4.98 Å². The van der Waals surface area contributed by atoms with E-state index in [2.05, 4.69) is 4.98 Å². The minimum Gasteiger partial charge on any atom is -0.400 e. The molecule has 0 aromatic carbocycles. The molecule has 2 rings (SSSR count). The summed E-state index contributed by atoms with van der Waals surface area (Å²) >= 11 is 5.88. The second-order valence-corrected chi connectivity index (χ2v) is 6.71. The van der Waals surface area contributed by atoms with Gasteiger partial charge in [-0.3, -0.25) is 0 Å². The van der Waals surface area contributed by atoms with Gasteiger partial charge in [-0.2, -0.15) is 0 Å². The first-order chi connectivity index (χ1) is 9.66. The van der Waals surface area contributed by atoms with Gasteiger partial charge in [-0.15, -0.1) is 0 Å². The largest absolute Gasteiger partial charge is 0.491 e. The number of aryl methyl sites for hydroxylation is 1. The van der Waals surface area contributed by atoms with E-state index in [1.807, 2.05) is 46.8 Å². The Hall–Kier alpha value is -0.875. The summed E-state index contributed by atoms with van der Waals surface area (Å²) in [5, 5.41) is 0.481. The molecule has 1 saturated heterocycles. The number of hydrogen-bond donors (Lipinski definition) is 1. The third kappa shape index (κ3) is 3.32. The Morgan fingerprint density at radius 1 is 1.29 bits per heavy atom. The van der Waals surface area contributed by atoms with Crippen LogP contribution in [0.1, 0.15) is 39.0 Å². The fourth-order valence-electron chi connectivity index (χ4n) is 2.11. The number of nitrogens with zero attached hydrogens (tertiary/aromatic N) is 1. The summed E-state index contributed by atoms with van der Waals surface area (Å²) in [4.78, 5) is 4.24. The van der Waals surface area contributed by atoms with Crippen molar-refractivity contribution in [3.05, 3.63) is 34.0 Å². The van der Waals surface area contributed by atoms with Crippen molar-refractivity contribution in [2.45, 2.75) is 45.8 Å². The van der Waals surface area contributed by atoms with E-state index in [0.29, 0.717) is 11.7 Å². The van der Waals surface area contributed by atoms with Crippen LogP contribution in [-0.4, -0.2) is 29.8 Å². The maximum absolute atomic E-state index is 6.04. The Kier molecular flexibility index (Phi) is 4.50. The summed E-state index contributed by atoms with van der Waals surface area (Å²) in [5.41, 5.74) is 7.84. The van der Waals surface area contributed by atoms with E-state index in [-0.39, 0.29) is 11.2 Å². The van der Waals surface area contributed by atoms with Crippen LogP contribution in [0.15, 0.2) is 17.6 Å². The van der Waals surface area contributed by atoms with Crippen LogP contribution >= 0.6 is 11.6 Å². The van der Waals surface area contributed by atoms with E-state index in [4.69, 9.17) is 26.6 Å². The molecule has 0 unspecified atom stereocenters. The van der Waals surface area contributed by atoms with Gasteiger partial charge < -0.3 is 15.0 Å². The van der Waals surface area contributed by atoms with Crippen LogP contribution in [0.5, 0.6) is 0 Å². The van der Waals surface area contributed by atoms with E-state index in [1.54, 1.807) is 6.07 Å². The molecule has 2 heterocycles. The molecule has 1 fully saturated rings. The highest BCUT2D eigenvalue weighted by molar-refractivity contribution is 6.55. The first-order valence-corrected chi connectivity index (χ1v) is 7.43. The van der Waals surface area contributed by atoms with Crippen LogP contribution < -0.4 is 5.73 Å². The summed E-state index contributed by atoms with van der Waals surface area (Å²) in [6.07, 6.45) is 1.97. The van der Waals surface area contributed by atoms with Crippen molar-refractivity contribution in [2.24, 2.45) is 5.73 Å². The average molecular weight is 309 g/mol. The van der Waals surface area contributed by atoms with Gasteiger partial charge in [0, 0.05) is 12.2 Å². The molecular weight excluding hydrogens is 286 g/mol. The van der Waals surface area contributed by atoms with E-state index < -0.39 is 7.12 Å². The Morgan fingerprint density at radius 3 is 2.33 bits per heavy atom. The first-order valence-electron chi connectivity index (χ1n) is 7.05. The molecule has 0 bridgehead atoms. The third-order valence-electron chi connectivity index (χ3n) is 4.23. The molecule has 0 radical (unpaired) electrons. The lowest BCUT2D eigenvalue weighted by Gasteiger charge is -2.32. The Morgan fingerprint density at radius 2 is 1.86 bits per heavy atom. The van der Waals surface area contributed by atoms with Gasteiger partial charge in [-0.25, -0.2) is 4.98 Å². The Bertz CT molecular complexity index is 557. The molecule has 0 amide bonds. The third-order valence-corrected chi connectivity index (χ3v) is 4.44. The molecule has 0 atom stereocenters. The standard InChI is InChI=1S/C15H22BClN2O2/c1-10-11(6-7-13(17)19-10)8-12(9-18)16-20-14(2,3)15(4,5)21-16/h6-8H,9,18H2,1-5H3. The molecule has 0 spiro atoms. The lowest BCUT2D eigenvalue weighted by molar-refractivity contribution is 0.00578. The predicted octanol–water partition coefficient (Wildman–Crippen LogP) is 3.02. The number of nitrogens with two attached hydrogens (primary N) is 1. The normalized spacial score (nSPS) is 20.9. The highest BCUT2D eigenvalue weighted by Gasteiger charge is 2.52. The van der Waals surface area contributed by atoms with E-state index in [9.17, 15) is 0 Å². The van der Waals surface area contributed by atoms with Crippen LogP contribution in [0, 0.1) is 6.92 Å². The summed E-state index contributed by atoms with van der Waals surface area (Å²) in [6.45, 7) is 10.4. The summed E-state index contributed by atoms with van der Waals surface area (Å²) in [5.74, 6) is 0. The number of pyridine rings is 1. The molecular formula is C15H22BClN2O2. The van der Waals surface area contributed by atoms with Crippen LogP contribution in [0.2, 0.25) is 5.15 Å². The molecule has 0 aliphatic carbocycles. The van der Waals surface area contributed by atoms with Crippen molar-refractivity contribution in [2.75, 3.05) is 6.54 Å². The van der Waals surface area contributed by atoms with Gasteiger partial charge >= 0.3 is 7.12 Å². The lowest BCUT2D eigenvalue weighted by Crippen LogP contribution is -2.41. The molecule has 0 saturated carbocycles. The molecule has 2 N–H and O–H groups in total. The number of aromatic nitrogens is 1. The van der Waals surface area contributed by atoms with Crippen LogP contribution in [0.4, 0.5) is 0 Å². The molecule has 6 heteroatoms. The number of rotatable bonds is 3. The zero-order chi connectivity index (χ0) is 15.8. The minimum absolute atomic E-state index is 0.360.